The van der Waals surface area contributed by atoms with Crippen LogP contribution in [0, 0.1) is 23.2 Å². The van der Waals surface area contributed by atoms with E-state index in [1.54, 1.807) is 0 Å². The summed E-state index contributed by atoms with van der Waals surface area (Å²) >= 11 is 0. The van der Waals surface area contributed by atoms with Crippen LogP contribution in [0.4, 0.5) is 4.79 Å². The fraction of sp³-hybridized carbons (Fsp3) is 0.900. The normalized spacial score (nSPS) is 41.4. The number of amides is 2. The Balaban J connectivity index is 1.09. The summed E-state index contributed by atoms with van der Waals surface area (Å²) in [5.41, 5.74) is 0.342. The summed E-state index contributed by atoms with van der Waals surface area (Å²) in [6.07, 6.45) is 5.79. The highest BCUT2D eigenvalue weighted by molar-refractivity contribution is 5.83. The maximum atomic E-state index is 12.6. The summed E-state index contributed by atoms with van der Waals surface area (Å²) in [4.78, 5) is 31.2. The molecule has 5 fully saturated rings. The topological polar surface area (TPSA) is 53.1 Å². The number of nitrogens with zero attached hydrogens (tertiary/aromatic N) is 3. The third-order valence-electron chi connectivity index (χ3n) is 7.74. The lowest BCUT2D eigenvalue weighted by Gasteiger charge is -2.49. The summed E-state index contributed by atoms with van der Waals surface area (Å²) in [6, 6.07) is 0.674. The van der Waals surface area contributed by atoms with Crippen molar-refractivity contribution in [1.29, 1.82) is 0 Å². The van der Waals surface area contributed by atoms with Crippen LogP contribution in [-0.4, -0.2) is 78.6 Å². The quantitative estimate of drug-likeness (QED) is 0.769. The van der Waals surface area contributed by atoms with Gasteiger partial charge in [-0.25, -0.2) is 4.79 Å². The highest BCUT2D eigenvalue weighted by Crippen LogP contribution is 2.57. The summed E-state index contributed by atoms with van der Waals surface area (Å²) < 4.78 is 5.15. The van der Waals surface area contributed by atoms with Gasteiger partial charge in [0.25, 0.3) is 0 Å². The average Bonchev–Trinajstić information content (AvgIpc) is 3.12. The van der Waals surface area contributed by atoms with E-state index in [1.807, 2.05) is 11.8 Å². The van der Waals surface area contributed by atoms with Gasteiger partial charge in [-0.1, -0.05) is 0 Å². The van der Waals surface area contributed by atoms with E-state index in [-0.39, 0.29) is 6.09 Å². The van der Waals surface area contributed by atoms with Crippen LogP contribution in [0.15, 0.2) is 0 Å². The van der Waals surface area contributed by atoms with E-state index in [0.717, 1.165) is 45.7 Å². The molecule has 144 valence electrons. The number of carbonyl (C=O) groups excluding carboxylic acids is 2. The third-order valence-corrected chi connectivity index (χ3v) is 7.74. The largest absolute Gasteiger partial charge is 0.450 e. The maximum absolute atomic E-state index is 12.6. The molecular weight excluding hydrogens is 330 g/mol. The molecule has 2 unspecified atom stereocenters. The molecule has 5 aliphatic rings. The van der Waals surface area contributed by atoms with Crippen LogP contribution in [0.3, 0.4) is 0 Å². The Labute approximate surface area is 155 Å². The average molecular weight is 361 g/mol. The van der Waals surface area contributed by atoms with Gasteiger partial charge in [0.1, 0.15) is 0 Å². The van der Waals surface area contributed by atoms with Crippen molar-refractivity contribution in [2.24, 2.45) is 23.2 Å². The molecule has 0 bridgehead atoms. The smallest absolute Gasteiger partial charge is 0.409 e. The Morgan fingerprint density at radius 3 is 2.38 bits per heavy atom. The van der Waals surface area contributed by atoms with Crippen LogP contribution < -0.4 is 0 Å². The SMILES string of the molecule is CCOC(=O)N1CCC2(CC(N3CC4C(C3)C4C(=O)N3CCCC3)C2)C1. The van der Waals surface area contributed by atoms with Crippen LogP contribution in [0.2, 0.25) is 0 Å². The zero-order valence-corrected chi connectivity index (χ0v) is 15.9. The number of fused-ring (bicyclic) bond motifs is 1. The van der Waals surface area contributed by atoms with Crippen molar-refractivity contribution < 1.29 is 14.3 Å². The number of ether oxygens (including phenoxy) is 1. The van der Waals surface area contributed by atoms with E-state index in [4.69, 9.17) is 4.74 Å². The summed E-state index contributed by atoms with van der Waals surface area (Å²) in [6.45, 7) is 8.26. The minimum absolute atomic E-state index is 0.140. The van der Waals surface area contributed by atoms with E-state index >= 15 is 0 Å². The lowest BCUT2D eigenvalue weighted by Crippen LogP contribution is -2.52. The van der Waals surface area contributed by atoms with Crippen molar-refractivity contribution in [2.45, 2.75) is 45.1 Å². The van der Waals surface area contributed by atoms with Gasteiger partial charge < -0.3 is 14.5 Å². The summed E-state index contributed by atoms with van der Waals surface area (Å²) in [7, 11) is 0. The Morgan fingerprint density at radius 2 is 1.73 bits per heavy atom. The first-order valence-electron chi connectivity index (χ1n) is 10.5. The predicted molar refractivity (Wildman–Crippen MR) is 96.5 cm³/mol. The second-order valence-corrected chi connectivity index (χ2v) is 9.27. The molecular formula is C20H31N3O3. The van der Waals surface area contributed by atoms with Crippen molar-refractivity contribution in [3.05, 3.63) is 0 Å². The molecule has 0 aromatic rings. The minimum atomic E-state index is -0.140. The number of rotatable bonds is 3. The van der Waals surface area contributed by atoms with Gasteiger partial charge in [0.15, 0.2) is 0 Å². The molecule has 26 heavy (non-hydrogen) atoms. The monoisotopic (exact) mass is 361 g/mol. The third kappa shape index (κ3) is 2.63. The van der Waals surface area contributed by atoms with Gasteiger partial charge in [-0.3, -0.25) is 9.69 Å². The minimum Gasteiger partial charge on any atom is -0.450 e. The number of hydrogen-bond donors (Lipinski definition) is 0. The second kappa shape index (κ2) is 6.11. The molecule has 2 atom stereocenters. The lowest BCUT2D eigenvalue weighted by atomic mass is 9.64. The van der Waals surface area contributed by atoms with Crippen LogP contribution in [0.5, 0.6) is 0 Å². The fourth-order valence-corrected chi connectivity index (χ4v) is 6.21. The molecule has 3 saturated heterocycles. The van der Waals surface area contributed by atoms with Gasteiger partial charge in [0.05, 0.1) is 6.61 Å². The Bertz CT molecular complexity index is 585. The maximum Gasteiger partial charge on any atom is 0.409 e. The number of likely N-dealkylation sites (tertiary alicyclic amines) is 3. The van der Waals surface area contributed by atoms with Crippen molar-refractivity contribution in [1.82, 2.24) is 14.7 Å². The molecule has 0 N–H and O–H groups in total. The zero-order chi connectivity index (χ0) is 17.9. The van der Waals surface area contributed by atoms with Gasteiger partial charge in [-0.2, -0.15) is 0 Å². The molecule has 6 heteroatoms. The first-order chi connectivity index (χ1) is 12.6. The molecule has 1 spiro atoms. The van der Waals surface area contributed by atoms with Crippen molar-refractivity contribution >= 4 is 12.0 Å². The summed E-state index contributed by atoms with van der Waals surface area (Å²) in [5.74, 6) is 2.03. The molecule has 2 saturated carbocycles. The first kappa shape index (κ1) is 16.8. The van der Waals surface area contributed by atoms with Crippen LogP contribution in [0.25, 0.3) is 0 Å². The van der Waals surface area contributed by atoms with Crippen molar-refractivity contribution in [3.63, 3.8) is 0 Å². The standard InChI is InChI=1S/C20H31N3O3/c1-2-26-19(25)22-8-5-20(13-22)9-14(10-20)23-11-15-16(12-23)17(15)18(24)21-6-3-4-7-21/h14-17H,2-13H2,1H3. The fourth-order valence-electron chi connectivity index (χ4n) is 6.21. The van der Waals surface area contributed by atoms with E-state index in [9.17, 15) is 9.59 Å². The predicted octanol–water partition coefficient (Wildman–Crippen LogP) is 1.80. The lowest BCUT2D eigenvalue weighted by molar-refractivity contribution is -0.132. The molecule has 0 aromatic heterocycles. The highest BCUT2D eigenvalue weighted by Gasteiger charge is 2.62. The van der Waals surface area contributed by atoms with E-state index in [2.05, 4.69) is 9.80 Å². The van der Waals surface area contributed by atoms with Crippen molar-refractivity contribution in [2.75, 3.05) is 45.9 Å². The highest BCUT2D eigenvalue weighted by atomic mass is 16.6. The number of hydrogen-bond acceptors (Lipinski definition) is 4. The molecule has 6 nitrogen and oxygen atoms in total. The molecule has 0 aromatic carbocycles. The van der Waals surface area contributed by atoms with Crippen molar-refractivity contribution in [3.8, 4) is 0 Å². The molecule has 2 amide bonds. The first-order valence-corrected chi connectivity index (χ1v) is 10.5. The zero-order valence-electron chi connectivity index (χ0n) is 15.9. The Kier molecular flexibility index (Phi) is 3.96. The second-order valence-electron chi connectivity index (χ2n) is 9.27. The van der Waals surface area contributed by atoms with Crippen LogP contribution in [0.1, 0.15) is 39.0 Å². The van der Waals surface area contributed by atoms with Crippen LogP contribution in [-0.2, 0) is 9.53 Å². The van der Waals surface area contributed by atoms with Gasteiger partial charge >= 0.3 is 6.09 Å². The Morgan fingerprint density at radius 1 is 1.04 bits per heavy atom. The number of piperidine rings is 1. The van der Waals surface area contributed by atoms with E-state index < -0.39 is 0 Å². The van der Waals surface area contributed by atoms with Gasteiger partial charge in [0, 0.05) is 51.2 Å². The van der Waals surface area contributed by atoms with E-state index in [1.165, 1.54) is 25.7 Å². The Hall–Kier alpha value is -1.30. The van der Waals surface area contributed by atoms with E-state index in [0.29, 0.717) is 41.7 Å². The molecule has 3 aliphatic heterocycles. The van der Waals surface area contributed by atoms with Gasteiger partial charge in [0.2, 0.25) is 5.91 Å². The number of carbonyl (C=O) groups is 2. The molecule has 3 heterocycles. The van der Waals surface area contributed by atoms with Gasteiger partial charge in [-0.15, -0.1) is 0 Å². The van der Waals surface area contributed by atoms with Crippen LogP contribution >= 0.6 is 0 Å². The summed E-state index contributed by atoms with van der Waals surface area (Å²) in [5, 5.41) is 0. The molecule has 2 aliphatic carbocycles. The van der Waals surface area contributed by atoms with Gasteiger partial charge in [-0.05, 0) is 56.3 Å². The molecule has 5 rings (SSSR count). The molecule has 0 radical (unpaired) electrons.